The lowest BCUT2D eigenvalue weighted by Crippen LogP contribution is -2.32. The number of amides is 1. The molecular weight excluding hydrogens is 364 g/mol. The molecule has 1 aliphatic heterocycles. The molecule has 1 amide bonds. The van der Waals surface area contributed by atoms with E-state index in [0.717, 1.165) is 0 Å². The Morgan fingerprint density at radius 1 is 1.32 bits per heavy atom. The summed E-state index contributed by atoms with van der Waals surface area (Å²) < 4.78 is 10.7. The number of methoxy groups -OCH3 is 1. The van der Waals surface area contributed by atoms with E-state index in [4.69, 9.17) is 9.15 Å². The van der Waals surface area contributed by atoms with Gasteiger partial charge in [0.2, 0.25) is 0 Å². The zero-order valence-corrected chi connectivity index (χ0v) is 14.9. The van der Waals surface area contributed by atoms with Crippen molar-refractivity contribution in [1.82, 2.24) is 9.88 Å². The number of furan rings is 1. The van der Waals surface area contributed by atoms with Crippen molar-refractivity contribution in [3.05, 3.63) is 82.1 Å². The predicted molar refractivity (Wildman–Crippen MR) is 98.8 cm³/mol. The highest BCUT2D eigenvalue weighted by Gasteiger charge is 2.38. The van der Waals surface area contributed by atoms with Crippen LogP contribution < -0.4 is 10.1 Å². The number of nitrogens with one attached hydrogen (secondary N) is 1. The summed E-state index contributed by atoms with van der Waals surface area (Å²) in [6, 6.07) is 11.1. The lowest BCUT2D eigenvalue weighted by atomic mass is 10.2. The minimum Gasteiger partial charge on any atom is -0.495 e. The maximum Gasteiger partial charge on any atom is 0.271 e. The molecule has 1 N–H and O–H groups in total. The molecule has 0 unspecified atom stereocenters. The topological polar surface area (TPSA) is 111 Å². The molecule has 0 aliphatic carbocycles. The van der Waals surface area contributed by atoms with Crippen molar-refractivity contribution in [1.29, 1.82) is 0 Å². The average Bonchev–Trinajstić information content (AvgIpc) is 3.31. The van der Waals surface area contributed by atoms with Crippen LogP contribution in [0.1, 0.15) is 28.0 Å². The van der Waals surface area contributed by atoms with Gasteiger partial charge in [-0.25, -0.2) is 0 Å². The lowest BCUT2D eigenvalue weighted by molar-refractivity contribution is -0.384. The SMILES string of the molecule is COc1ccc([N+](=O)[O-])cc1N[C@@H]1c2ncccc2C(=O)N1Cc1ccco1. The summed E-state index contributed by atoms with van der Waals surface area (Å²) in [6.07, 6.45) is 2.50. The molecule has 3 aromatic rings. The van der Waals surface area contributed by atoms with Gasteiger partial charge in [-0.15, -0.1) is 0 Å². The molecule has 28 heavy (non-hydrogen) atoms. The number of hydrogen-bond donors (Lipinski definition) is 1. The number of non-ortho nitro benzene ring substituents is 1. The number of rotatable bonds is 6. The van der Waals surface area contributed by atoms with Gasteiger partial charge in [0.25, 0.3) is 11.6 Å². The van der Waals surface area contributed by atoms with Crippen molar-refractivity contribution in [2.45, 2.75) is 12.7 Å². The van der Waals surface area contributed by atoms with Crippen LogP contribution in [0.4, 0.5) is 11.4 Å². The highest BCUT2D eigenvalue weighted by Crippen LogP contribution is 2.37. The first-order valence-corrected chi connectivity index (χ1v) is 8.45. The minimum atomic E-state index is -0.635. The summed E-state index contributed by atoms with van der Waals surface area (Å²) in [6.45, 7) is 0.219. The molecule has 9 heteroatoms. The van der Waals surface area contributed by atoms with Crippen LogP contribution in [0.5, 0.6) is 5.75 Å². The second-order valence-electron chi connectivity index (χ2n) is 6.14. The molecule has 0 saturated heterocycles. The largest absolute Gasteiger partial charge is 0.495 e. The van der Waals surface area contributed by atoms with Gasteiger partial charge < -0.3 is 19.4 Å². The van der Waals surface area contributed by atoms with E-state index in [1.807, 2.05) is 0 Å². The molecule has 0 bridgehead atoms. The number of nitro groups is 1. The summed E-state index contributed by atoms with van der Waals surface area (Å²) in [5.41, 5.74) is 1.30. The molecule has 1 atom stereocenters. The maximum atomic E-state index is 12.9. The van der Waals surface area contributed by atoms with Crippen LogP contribution in [0.2, 0.25) is 0 Å². The summed E-state index contributed by atoms with van der Waals surface area (Å²) in [5, 5.41) is 14.3. The summed E-state index contributed by atoms with van der Waals surface area (Å²) >= 11 is 0. The van der Waals surface area contributed by atoms with Gasteiger partial charge in [-0.2, -0.15) is 0 Å². The van der Waals surface area contributed by atoms with Crippen LogP contribution in [0, 0.1) is 10.1 Å². The third kappa shape index (κ3) is 3.02. The number of anilines is 1. The lowest BCUT2D eigenvalue weighted by Gasteiger charge is -2.26. The van der Waals surface area contributed by atoms with Crippen molar-refractivity contribution in [2.75, 3.05) is 12.4 Å². The molecule has 0 saturated carbocycles. The van der Waals surface area contributed by atoms with Crippen LogP contribution in [-0.4, -0.2) is 27.8 Å². The normalized spacial score (nSPS) is 15.4. The molecule has 1 aromatic carbocycles. The second kappa shape index (κ2) is 7.03. The molecule has 142 valence electrons. The van der Waals surface area contributed by atoms with E-state index in [0.29, 0.717) is 28.5 Å². The Morgan fingerprint density at radius 3 is 2.89 bits per heavy atom. The van der Waals surface area contributed by atoms with Crippen molar-refractivity contribution >= 4 is 17.3 Å². The van der Waals surface area contributed by atoms with Crippen LogP contribution in [0.3, 0.4) is 0 Å². The van der Waals surface area contributed by atoms with Gasteiger partial charge >= 0.3 is 0 Å². The van der Waals surface area contributed by atoms with Crippen molar-refractivity contribution in [3.8, 4) is 5.75 Å². The Morgan fingerprint density at radius 2 is 2.18 bits per heavy atom. The number of nitro benzene ring substituents is 1. The zero-order chi connectivity index (χ0) is 19.7. The molecule has 1 aliphatic rings. The highest BCUT2D eigenvalue weighted by molar-refractivity contribution is 5.99. The highest BCUT2D eigenvalue weighted by atomic mass is 16.6. The fraction of sp³-hybridized carbons (Fsp3) is 0.158. The van der Waals surface area contributed by atoms with Gasteiger partial charge in [0.15, 0.2) is 0 Å². The number of nitrogens with zero attached hydrogens (tertiary/aromatic N) is 3. The molecular formula is C19H16N4O5. The number of carbonyl (C=O) groups is 1. The van der Waals surface area contributed by atoms with Crippen LogP contribution in [0.25, 0.3) is 0 Å². The molecule has 2 aromatic heterocycles. The van der Waals surface area contributed by atoms with E-state index < -0.39 is 11.1 Å². The Bertz CT molecular complexity index is 1030. The van der Waals surface area contributed by atoms with Gasteiger partial charge in [0.05, 0.1) is 41.8 Å². The third-order valence-corrected chi connectivity index (χ3v) is 4.49. The van der Waals surface area contributed by atoms with Gasteiger partial charge in [0, 0.05) is 18.3 Å². The average molecular weight is 380 g/mol. The quantitative estimate of drug-likeness (QED) is 0.515. The number of aromatic nitrogens is 1. The Hall–Kier alpha value is -3.88. The standard InChI is InChI=1S/C19H16N4O5/c1-27-16-7-6-12(23(25)26)10-15(16)21-18-17-14(5-2-8-20-17)19(24)22(18)11-13-4-3-9-28-13/h2-10,18,21H,11H2,1H3/t18-/m0/s1. The van der Waals surface area contributed by atoms with Crippen LogP contribution in [-0.2, 0) is 6.54 Å². The van der Waals surface area contributed by atoms with E-state index in [2.05, 4.69) is 10.3 Å². The monoisotopic (exact) mass is 380 g/mol. The number of pyridine rings is 1. The molecule has 0 spiro atoms. The van der Waals surface area contributed by atoms with E-state index >= 15 is 0 Å². The Kier molecular flexibility index (Phi) is 4.40. The Balaban J connectivity index is 1.74. The number of fused-ring (bicyclic) bond motifs is 1. The smallest absolute Gasteiger partial charge is 0.271 e. The maximum absolute atomic E-state index is 12.9. The van der Waals surface area contributed by atoms with E-state index in [-0.39, 0.29) is 18.1 Å². The molecule has 4 rings (SSSR count). The van der Waals surface area contributed by atoms with Gasteiger partial charge in [-0.05, 0) is 30.3 Å². The number of carbonyl (C=O) groups excluding carboxylic acids is 1. The van der Waals surface area contributed by atoms with Crippen LogP contribution >= 0.6 is 0 Å². The fourth-order valence-electron chi connectivity index (χ4n) is 3.19. The van der Waals surface area contributed by atoms with Gasteiger partial charge in [-0.3, -0.25) is 19.9 Å². The Labute approximate surface area is 159 Å². The first-order valence-electron chi connectivity index (χ1n) is 8.45. The molecule has 0 radical (unpaired) electrons. The zero-order valence-electron chi connectivity index (χ0n) is 14.9. The molecule has 9 nitrogen and oxygen atoms in total. The summed E-state index contributed by atoms with van der Waals surface area (Å²) in [4.78, 5) is 29.5. The fourth-order valence-corrected chi connectivity index (χ4v) is 3.19. The number of benzene rings is 1. The summed E-state index contributed by atoms with van der Waals surface area (Å²) in [7, 11) is 1.47. The number of ether oxygens (including phenoxy) is 1. The van der Waals surface area contributed by atoms with Crippen molar-refractivity contribution < 1.29 is 18.9 Å². The first-order chi connectivity index (χ1) is 13.6. The predicted octanol–water partition coefficient (Wildman–Crippen LogP) is 3.36. The van der Waals surface area contributed by atoms with E-state index in [1.54, 1.807) is 35.4 Å². The van der Waals surface area contributed by atoms with E-state index in [9.17, 15) is 14.9 Å². The number of hydrogen-bond acceptors (Lipinski definition) is 7. The summed E-state index contributed by atoms with van der Waals surface area (Å²) in [5.74, 6) is 0.820. The van der Waals surface area contributed by atoms with Gasteiger partial charge in [-0.1, -0.05) is 0 Å². The van der Waals surface area contributed by atoms with Crippen molar-refractivity contribution in [3.63, 3.8) is 0 Å². The minimum absolute atomic E-state index is 0.0912. The van der Waals surface area contributed by atoms with Crippen LogP contribution in [0.15, 0.2) is 59.3 Å². The molecule has 0 fully saturated rings. The van der Waals surface area contributed by atoms with Gasteiger partial charge in [0.1, 0.15) is 17.7 Å². The molecule has 3 heterocycles. The second-order valence-corrected chi connectivity index (χ2v) is 6.14. The third-order valence-electron chi connectivity index (χ3n) is 4.49. The van der Waals surface area contributed by atoms with Crippen molar-refractivity contribution in [2.24, 2.45) is 0 Å². The van der Waals surface area contributed by atoms with E-state index in [1.165, 1.54) is 31.6 Å². The first kappa shape index (κ1) is 17.5.